The van der Waals surface area contributed by atoms with Crippen LogP contribution in [0.3, 0.4) is 0 Å². The van der Waals surface area contributed by atoms with Crippen LogP contribution in [0.2, 0.25) is 0 Å². The van der Waals surface area contributed by atoms with Gasteiger partial charge in [-0.25, -0.2) is 4.79 Å². The molecule has 19 heavy (non-hydrogen) atoms. The van der Waals surface area contributed by atoms with Crippen molar-refractivity contribution in [2.75, 3.05) is 27.2 Å². The van der Waals surface area contributed by atoms with Crippen molar-refractivity contribution in [3.63, 3.8) is 0 Å². The molecule has 2 aliphatic rings. The standard InChI is InChI=1S/C14H22N2O3/c1-15(2)10-11-9-14(4-3-12(11)17)5-7-16(8-6-14)13(18)19/h10H,3-9H2,1-2H3,(H,18,19). The van der Waals surface area contributed by atoms with E-state index in [1.807, 2.05) is 25.2 Å². The Kier molecular flexibility index (Phi) is 3.83. The molecular formula is C14H22N2O3. The summed E-state index contributed by atoms with van der Waals surface area (Å²) in [6, 6.07) is 0. The van der Waals surface area contributed by atoms with Crippen LogP contribution in [0.5, 0.6) is 0 Å². The molecule has 5 heteroatoms. The first-order chi connectivity index (χ1) is 8.92. The Balaban J connectivity index is 2.06. The number of Topliss-reactive ketones (excluding diaryl/α,β-unsaturated/α-hetero) is 1. The van der Waals surface area contributed by atoms with Crippen LogP contribution in [-0.2, 0) is 4.79 Å². The van der Waals surface area contributed by atoms with E-state index in [1.165, 1.54) is 4.90 Å². The highest BCUT2D eigenvalue weighted by Crippen LogP contribution is 2.45. The first kappa shape index (κ1) is 13.9. The van der Waals surface area contributed by atoms with Crippen molar-refractivity contribution in [3.05, 3.63) is 11.8 Å². The number of hydrogen-bond acceptors (Lipinski definition) is 3. The lowest BCUT2D eigenvalue weighted by atomic mass is 9.66. The largest absolute Gasteiger partial charge is 0.465 e. The highest BCUT2D eigenvalue weighted by Gasteiger charge is 2.40. The number of carbonyl (C=O) groups excluding carboxylic acids is 1. The van der Waals surface area contributed by atoms with Gasteiger partial charge < -0.3 is 14.9 Å². The molecular weight excluding hydrogens is 244 g/mol. The summed E-state index contributed by atoms with van der Waals surface area (Å²) in [6.45, 7) is 1.19. The van der Waals surface area contributed by atoms with Crippen molar-refractivity contribution in [2.45, 2.75) is 32.1 Å². The van der Waals surface area contributed by atoms with Gasteiger partial charge in [0.2, 0.25) is 0 Å². The lowest BCUT2D eigenvalue weighted by Crippen LogP contribution is -2.44. The van der Waals surface area contributed by atoms with Crippen LogP contribution in [0.1, 0.15) is 32.1 Å². The SMILES string of the molecule is CN(C)C=C1CC2(CCC1=O)CCN(C(=O)O)CC2. The Morgan fingerprint density at radius 1 is 1.32 bits per heavy atom. The molecule has 0 aromatic carbocycles. The van der Waals surface area contributed by atoms with Gasteiger partial charge >= 0.3 is 6.09 Å². The van der Waals surface area contributed by atoms with Gasteiger partial charge in [-0.2, -0.15) is 0 Å². The lowest BCUT2D eigenvalue weighted by Gasteiger charge is -2.43. The third-order valence-electron chi connectivity index (χ3n) is 4.31. The zero-order valence-corrected chi connectivity index (χ0v) is 11.7. The second-order valence-corrected chi connectivity index (χ2v) is 5.99. The number of carbonyl (C=O) groups is 2. The van der Waals surface area contributed by atoms with Crippen LogP contribution in [0.15, 0.2) is 11.8 Å². The van der Waals surface area contributed by atoms with Crippen LogP contribution < -0.4 is 0 Å². The van der Waals surface area contributed by atoms with E-state index in [-0.39, 0.29) is 11.2 Å². The average molecular weight is 266 g/mol. The Bertz CT molecular complexity index is 407. The third-order valence-corrected chi connectivity index (χ3v) is 4.31. The number of rotatable bonds is 1. The zero-order chi connectivity index (χ0) is 14.0. The van der Waals surface area contributed by atoms with Crippen molar-refractivity contribution in [2.24, 2.45) is 5.41 Å². The lowest BCUT2D eigenvalue weighted by molar-refractivity contribution is -0.118. The summed E-state index contributed by atoms with van der Waals surface area (Å²) in [7, 11) is 3.85. The van der Waals surface area contributed by atoms with Gasteiger partial charge in [0, 0.05) is 45.4 Å². The molecule has 5 nitrogen and oxygen atoms in total. The molecule has 0 unspecified atom stereocenters. The number of hydrogen-bond donors (Lipinski definition) is 1. The Hall–Kier alpha value is -1.52. The number of carboxylic acid groups (broad SMARTS) is 1. The summed E-state index contributed by atoms with van der Waals surface area (Å²) in [5.74, 6) is 0.250. The summed E-state index contributed by atoms with van der Waals surface area (Å²) in [5.41, 5.74) is 1.04. The van der Waals surface area contributed by atoms with Gasteiger partial charge in [-0.1, -0.05) is 0 Å². The van der Waals surface area contributed by atoms with Crippen LogP contribution in [0.25, 0.3) is 0 Å². The molecule has 0 bridgehead atoms. The van der Waals surface area contributed by atoms with Crippen molar-refractivity contribution in [1.29, 1.82) is 0 Å². The van der Waals surface area contributed by atoms with Gasteiger partial charge in [0.1, 0.15) is 0 Å². The van der Waals surface area contributed by atoms with E-state index < -0.39 is 6.09 Å². The minimum absolute atomic E-state index is 0.141. The average Bonchev–Trinajstić information content (AvgIpc) is 2.34. The molecule has 1 aliphatic carbocycles. The molecule has 106 valence electrons. The number of allylic oxidation sites excluding steroid dienone is 1. The van der Waals surface area contributed by atoms with Crippen molar-refractivity contribution in [3.8, 4) is 0 Å². The zero-order valence-electron chi connectivity index (χ0n) is 11.7. The molecule has 1 N–H and O–H groups in total. The van der Waals surface area contributed by atoms with E-state index >= 15 is 0 Å². The van der Waals surface area contributed by atoms with E-state index in [0.717, 1.165) is 31.3 Å². The van der Waals surface area contributed by atoms with Gasteiger partial charge in [0.15, 0.2) is 5.78 Å². The van der Waals surface area contributed by atoms with Gasteiger partial charge in [-0.15, -0.1) is 0 Å². The van der Waals surface area contributed by atoms with Crippen molar-refractivity contribution < 1.29 is 14.7 Å². The molecule has 0 aromatic heterocycles. The number of piperidine rings is 1. The van der Waals surface area contributed by atoms with E-state index in [1.54, 1.807) is 0 Å². The summed E-state index contributed by atoms with van der Waals surface area (Å²) in [4.78, 5) is 26.3. The molecule has 0 radical (unpaired) electrons. The van der Waals surface area contributed by atoms with Gasteiger partial charge in [-0.05, 0) is 31.1 Å². The van der Waals surface area contributed by atoms with Crippen molar-refractivity contribution >= 4 is 11.9 Å². The maximum absolute atomic E-state index is 11.9. The number of likely N-dealkylation sites (tertiary alicyclic amines) is 1. The fraction of sp³-hybridized carbons (Fsp3) is 0.714. The van der Waals surface area contributed by atoms with Gasteiger partial charge in [-0.3, -0.25) is 4.79 Å². The molecule has 2 fully saturated rings. The molecule has 2 rings (SSSR count). The van der Waals surface area contributed by atoms with Crippen molar-refractivity contribution in [1.82, 2.24) is 9.80 Å². The Labute approximate surface area is 113 Å². The van der Waals surface area contributed by atoms with E-state index in [9.17, 15) is 9.59 Å². The van der Waals surface area contributed by atoms with E-state index in [0.29, 0.717) is 19.5 Å². The normalized spacial score (nSPS) is 24.8. The van der Waals surface area contributed by atoms with Crippen LogP contribution in [0.4, 0.5) is 4.79 Å². The Morgan fingerprint density at radius 3 is 2.47 bits per heavy atom. The van der Waals surface area contributed by atoms with Crippen LogP contribution in [0, 0.1) is 5.41 Å². The molecule has 1 saturated carbocycles. The summed E-state index contributed by atoms with van der Waals surface area (Å²) in [5, 5.41) is 8.99. The molecule has 1 spiro atoms. The first-order valence-corrected chi connectivity index (χ1v) is 6.80. The van der Waals surface area contributed by atoms with Gasteiger partial charge in [0.25, 0.3) is 0 Å². The second kappa shape index (κ2) is 5.23. The molecule has 1 amide bonds. The second-order valence-electron chi connectivity index (χ2n) is 5.99. The number of amides is 1. The fourth-order valence-corrected chi connectivity index (χ4v) is 3.16. The number of ketones is 1. The highest BCUT2D eigenvalue weighted by molar-refractivity contribution is 5.96. The third kappa shape index (κ3) is 3.08. The maximum Gasteiger partial charge on any atom is 0.407 e. The Morgan fingerprint density at radius 2 is 1.95 bits per heavy atom. The highest BCUT2D eigenvalue weighted by atomic mass is 16.4. The molecule has 1 heterocycles. The van der Waals surface area contributed by atoms with Crippen LogP contribution >= 0.6 is 0 Å². The van der Waals surface area contributed by atoms with E-state index in [2.05, 4.69) is 0 Å². The minimum Gasteiger partial charge on any atom is -0.465 e. The topological polar surface area (TPSA) is 60.9 Å². The summed E-state index contributed by atoms with van der Waals surface area (Å²) in [6.07, 6.45) is 5.15. The number of nitrogens with zero attached hydrogens (tertiary/aromatic N) is 2. The van der Waals surface area contributed by atoms with Crippen LogP contribution in [-0.4, -0.2) is 54.0 Å². The molecule has 0 aromatic rings. The molecule has 1 aliphatic heterocycles. The summed E-state index contributed by atoms with van der Waals surface area (Å²) >= 11 is 0. The predicted octanol–water partition coefficient (Wildman–Crippen LogP) is 1.95. The van der Waals surface area contributed by atoms with E-state index in [4.69, 9.17) is 5.11 Å². The van der Waals surface area contributed by atoms with Gasteiger partial charge in [0.05, 0.1) is 0 Å². The molecule has 0 atom stereocenters. The minimum atomic E-state index is -0.828. The maximum atomic E-state index is 11.9. The fourth-order valence-electron chi connectivity index (χ4n) is 3.16. The predicted molar refractivity (Wildman–Crippen MR) is 71.9 cm³/mol. The first-order valence-electron chi connectivity index (χ1n) is 6.80. The molecule has 1 saturated heterocycles. The quantitative estimate of drug-likeness (QED) is 0.737. The summed E-state index contributed by atoms with van der Waals surface area (Å²) < 4.78 is 0. The smallest absolute Gasteiger partial charge is 0.407 e. The monoisotopic (exact) mass is 266 g/mol.